The summed E-state index contributed by atoms with van der Waals surface area (Å²) in [6.07, 6.45) is -2.27. The summed E-state index contributed by atoms with van der Waals surface area (Å²) in [5, 5.41) is 9.39. The Kier molecular flexibility index (Phi) is 15.3. The minimum atomic E-state index is -4.41. The number of halogens is 3. The van der Waals surface area contributed by atoms with Gasteiger partial charge in [-0.15, -0.1) is 0 Å². The number of hydrogen-bond donors (Lipinski definition) is 2. The second kappa shape index (κ2) is 15.7. The molecule has 32 heavy (non-hydrogen) atoms. The number of ketones is 2. The first-order chi connectivity index (χ1) is 15.0. The first kappa shape index (κ1) is 31.1. The molecule has 0 aliphatic carbocycles. The molecular weight excluding hydrogens is 425 g/mol. The Morgan fingerprint density at radius 3 is 1.81 bits per heavy atom. The fourth-order valence-electron chi connectivity index (χ4n) is 2.05. The van der Waals surface area contributed by atoms with Crippen LogP contribution in [0.4, 0.5) is 13.2 Å². The van der Waals surface area contributed by atoms with Crippen molar-refractivity contribution in [2.24, 2.45) is 5.92 Å². The Labute approximate surface area is 186 Å². The number of pyridine rings is 1. The van der Waals surface area contributed by atoms with E-state index in [-0.39, 0.29) is 17.5 Å². The van der Waals surface area contributed by atoms with Crippen LogP contribution in [0, 0.1) is 5.92 Å². The molecule has 0 aliphatic heterocycles. The van der Waals surface area contributed by atoms with Gasteiger partial charge in [0, 0.05) is 37.7 Å². The smallest absolute Gasteiger partial charge is 0.400 e. The zero-order valence-corrected chi connectivity index (χ0v) is 19.4. The third kappa shape index (κ3) is 10.8. The second-order valence-corrected chi connectivity index (χ2v) is 6.04. The fourth-order valence-corrected chi connectivity index (χ4v) is 2.05. The Balaban J connectivity index is 0. The van der Waals surface area contributed by atoms with E-state index in [4.69, 9.17) is 5.11 Å². The average molecular weight is 457 g/mol. The van der Waals surface area contributed by atoms with Gasteiger partial charge >= 0.3 is 6.18 Å². The zero-order chi connectivity index (χ0) is 25.5. The lowest BCUT2D eigenvalue weighted by molar-refractivity contribution is -0.138. The SMILES string of the molecule is CC.CC(=O)c1ccc(-c2cncc(C(F)(F)F)c2)cc1.CNC(=O)C(C)C(C)=O.CO. The lowest BCUT2D eigenvalue weighted by Gasteiger charge is -2.08. The van der Waals surface area contributed by atoms with Crippen LogP contribution in [-0.4, -0.2) is 41.7 Å². The van der Waals surface area contributed by atoms with Gasteiger partial charge in [-0.3, -0.25) is 19.4 Å². The number of aliphatic hydroxyl groups excluding tert-OH is 1. The van der Waals surface area contributed by atoms with Crippen LogP contribution < -0.4 is 5.32 Å². The van der Waals surface area contributed by atoms with Crippen molar-refractivity contribution in [3.63, 3.8) is 0 Å². The maximum atomic E-state index is 12.6. The van der Waals surface area contributed by atoms with Crippen molar-refractivity contribution >= 4 is 17.5 Å². The van der Waals surface area contributed by atoms with E-state index >= 15 is 0 Å². The van der Waals surface area contributed by atoms with Gasteiger partial charge in [-0.25, -0.2) is 0 Å². The first-order valence-electron chi connectivity index (χ1n) is 9.77. The monoisotopic (exact) mass is 456 g/mol. The lowest BCUT2D eigenvalue weighted by Crippen LogP contribution is -2.29. The molecule has 1 atom stereocenters. The van der Waals surface area contributed by atoms with Crippen molar-refractivity contribution in [1.82, 2.24) is 10.3 Å². The van der Waals surface area contributed by atoms with Gasteiger partial charge in [0.15, 0.2) is 5.78 Å². The molecule has 1 amide bonds. The van der Waals surface area contributed by atoms with Crippen molar-refractivity contribution < 1.29 is 32.7 Å². The van der Waals surface area contributed by atoms with Crippen molar-refractivity contribution in [3.8, 4) is 11.1 Å². The fraction of sp³-hybridized carbons (Fsp3) is 0.391. The Morgan fingerprint density at radius 1 is 0.969 bits per heavy atom. The van der Waals surface area contributed by atoms with Crippen LogP contribution in [0.15, 0.2) is 42.7 Å². The summed E-state index contributed by atoms with van der Waals surface area (Å²) in [4.78, 5) is 35.8. The number of carbonyl (C=O) groups excluding carboxylic acids is 3. The number of amides is 1. The Hall–Kier alpha value is -3.07. The topological polar surface area (TPSA) is 96.4 Å². The van der Waals surface area contributed by atoms with Gasteiger partial charge in [-0.1, -0.05) is 38.1 Å². The van der Waals surface area contributed by atoms with Gasteiger partial charge in [0.1, 0.15) is 5.78 Å². The van der Waals surface area contributed by atoms with E-state index in [1.165, 1.54) is 27.1 Å². The molecule has 2 aromatic rings. The number of rotatable bonds is 4. The number of aliphatic hydroxyl groups is 1. The van der Waals surface area contributed by atoms with Crippen LogP contribution in [0.25, 0.3) is 11.1 Å². The molecular formula is C23H31F3N2O4. The van der Waals surface area contributed by atoms with Gasteiger partial charge < -0.3 is 10.4 Å². The summed E-state index contributed by atoms with van der Waals surface area (Å²) in [6.45, 7) is 8.42. The van der Waals surface area contributed by atoms with E-state index in [9.17, 15) is 27.6 Å². The predicted octanol–water partition coefficient (Wildman–Crippen LogP) is 4.56. The summed E-state index contributed by atoms with van der Waals surface area (Å²) in [7, 11) is 2.52. The van der Waals surface area contributed by atoms with E-state index in [0.717, 1.165) is 19.4 Å². The molecule has 2 rings (SSSR count). The summed E-state index contributed by atoms with van der Waals surface area (Å²) >= 11 is 0. The molecule has 0 radical (unpaired) electrons. The number of Topliss-reactive ketones (excluding diaryl/α,β-unsaturated/α-hetero) is 2. The maximum Gasteiger partial charge on any atom is 0.417 e. The number of aromatic nitrogens is 1. The molecule has 9 heteroatoms. The predicted molar refractivity (Wildman–Crippen MR) is 118 cm³/mol. The van der Waals surface area contributed by atoms with Gasteiger partial charge in [0.2, 0.25) is 5.91 Å². The highest BCUT2D eigenvalue weighted by molar-refractivity contribution is 5.99. The zero-order valence-electron chi connectivity index (χ0n) is 19.4. The first-order valence-corrected chi connectivity index (χ1v) is 9.77. The number of nitrogens with one attached hydrogen (secondary N) is 1. The maximum absolute atomic E-state index is 12.6. The summed E-state index contributed by atoms with van der Waals surface area (Å²) in [5.74, 6) is -0.916. The third-order valence-electron chi connectivity index (χ3n) is 3.94. The summed E-state index contributed by atoms with van der Waals surface area (Å²) in [6, 6.07) is 7.41. The molecule has 6 nitrogen and oxygen atoms in total. The molecule has 1 aromatic carbocycles. The standard InChI is InChI=1S/C14H10F3NO.C6H11NO2.C2H6.CH4O/c1-9(19)10-2-4-11(5-3-10)12-6-13(8-18-7-12)14(15,16)17;1-4(5(2)8)6(9)7-3;2*1-2/h2-8H,1H3;4H,1-3H3,(H,7,9);1-2H3;2H,1H3. The van der Waals surface area contributed by atoms with E-state index < -0.39 is 17.7 Å². The highest BCUT2D eigenvalue weighted by Gasteiger charge is 2.31. The highest BCUT2D eigenvalue weighted by Crippen LogP contribution is 2.31. The molecule has 1 unspecified atom stereocenters. The molecule has 0 spiro atoms. The minimum Gasteiger partial charge on any atom is -0.400 e. The number of alkyl halides is 3. The third-order valence-corrected chi connectivity index (χ3v) is 3.94. The molecule has 2 N–H and O–H groups in total. The minimum absolute atomic E-state index is 0.0892. The Morgan fingerprint density at radius 2 is 1.47 bits per heavy atom. The van der Waals surface area contributed by atoms with Crippen LogP contribution >= 0.6 is 0 Å². The largest absolute Gasteiger partial charge is 0.417 e. The van der Waals surface area contributed by atoms with Crippen molar-refractivity contribution in [1.29, 1.82) is 0 Å². The van der Waals surface area contributed by atoms with E-state index in [0.29, 0.717) is 16.7 Å². The van der Waals surface area contributed by atoms with Crippen LogP contribution in [-0.2, 0) is 15.8 Å². The number of carbonyl (C=O) groups is 3. The molecule has 178 valence electrons. The van der Waals surface area contributed by atoms with Crippen molar-refractivity contribution in [2.45, 2.75) is 40.8 Å². The van der Waals surface area contributed by atoms with Gasteiger partial charge in [0.25, 0.3) is 0 Å². The molecule has 0 aliphatic rings. The van der Waals surface area contributed by atoms with Crippen molar-refractivity contribution in [3.05, 3.63) is 53.9 Å². The summed E-state index contributed by atoms with van der Waals surface area (Å²) in [5.41, 5.74) is 0.679. The number of benzene rings is 1. The molecule has 0 bridgehead atoms. The van der Waals surface area contributed by atoms with Crippen LogP contribution in [0.3, 0.4) is 0 Å². The van der Waals surface area contributed by atoms with Gasteiger partial charge in [-0.2, -0.15) is 13.2 Å². The highest BCUT2D eigenvalue weighted by atomic mass is 19.4. The van der Waals surface area contributed by atoms with Crippen LogP contribution in [0.2, 0.25) is 0 Å². The Bertz CT molecular complexity index is 851. The number of hydrogen-bond acceptors (Lipinski definition) is 5. The van der Waals surface area contributed by atoms with Gasteiger partial charge in [-0.05, 0) is 32.4 Å². The van der Waals surface area contributed by atoms with Gasteiger partial charge in [0.05, 0.1) is 11.5 Å². The molecule has 1 aromatic heterocycles. The van der Waals surface area contributed by atoms with Crippen LogP contribution in [0.5, 0.6) is 0 Å². The van der Waals surface area contributed by atoms with E-state index in [1.807, 2.05) is 13.8 Å². The normalized spacial score (nSPS) is 10.6. The van der Waals surface area contributed by atoms with Crippen LogP contribution in [0.1, 0.15) is 50.5 Å². The summed E-state index contributed by atoms with van der Waals surface area (Å²) < 4.78 is 37.7. The molecule has 0 saturated heterocycles. The average Bonchev–Trinajstić information content (AvgIpc) is 2.80. The number of nitrogens with zero attached hydrogens (tertiary/aromatic N) is 1. The van der Waals surface area contributed by atoms with E-state index in [2.05, 4.69) is 10.3 Å². The molecule has 0 saturated carbocycles. The lowest BCUT2D eigenvalue weighted by atomic mass is 10.0. The van der Waals surface area contributed by atoms with E-state index in [1.54, 1.807) is 31.2 Å². The van der Waals surface area contributed by atoms with Crippen molar-refractivity contribution in [2.75, 3.05) is 14.2 Å². The quantitative estimate of drug-likeness (QED) is 0.519. The molecule has 0 fully saturated rings. The second-order valence-electron chi connectivity index (χ2n) is 6.04. The molecule has 1 heterocycles.